The van der Waals surface area contributed by atoms with Crippen LogP contribution < -0.4 is 14.8 Å². The molecule has 7 heteroatoms. The Bertz CT molecular complexity index is 757. The molecule has 0 aliphatic carbocycles. The second-order valence-corrected chi connectivity index (χ2v) is 6.17. The van der Waals surface area contributed by atoms with E-state index in [0.29, 0.717) is 23.6 Å². The van der Waals surface area contributed by atoms with Gasteiger partial charge in [0.05, 0.1) is 20.3 Å². The van der Waals surface area contributed by atoms with Crippen LogP contribution in [0.5, 0.6) is 17.2 Å². The summed E-state index contributed by atoms with van der Waals surface area (Å²) in [5.74, 6) is 0.691. The molecule has 1 saturated heterocycles. The summed E-state index contributed by atoms with van der Waals surface area (Å²) in [6.07, 6.45) is 0. The molecule has 1 amide bonds. The number of aromatic hydroxyl groups is 1. The van der Waals surface area contributed by atoms with Crippen molar-refractivity contribution in [3.63, 3.8) is 0 Å². The van der Waals surface area contributed by atoms with E-state index < -0.39 is 0 Å². The minimum atomic E-state index is -0.311. The van der Waals surface area contributed by atoms with Gasteiger partial charge in [-0.05, 0) is 42.5 Å². The van der Waals surface area contributed by atoms with Gasteiger partial charge in [-0.2, -0.15) is 0 Å². The lowest BCUT2D eigenvalue weighted by atomic mass is 10.2. The third-order valence-electron chi connectivity index (χ3n) is 4.33. The van der Waals surface area contributed by atoms with E-state index >= 15 is 0 Å². The van der Waals surface area contributed by atoms with E-state index in [2.05, 4.69) is 10.2 Å². The van der Waals surface area contributed by atoms with Crippen LogP contribution >= 0.6 is 0 Å². The summed E-state index contributed by atoms with van der Waals surface area (Å²) in [5, 5.41) is 12.6. The topological polar surface area (TPSA) is 80.3 Å². The fourth-order valence-corrected chi connectivity index (χ4v) is 2.79. The Morgan fingerprint density at radius 2 is 1.93 bits per heavy atom. The molecular formula is C20H24N2O5. The van der Waals surface area contributed by atoms with Gasteiger partial charge in [0, 0.05) is 30.9 Å². The van der Waals surface area contributed by atoms with Crippen LogP contribution in [0.25, 0.3) is 0 Å². The molecule has 2 N–H and O–H groups in total. The van der Waals surface area contributed by atoms with Crippen LogP contribution in [0.2, 0.25) is 0 Å². The molecule has 1 aliphatic rings. The number of morpholine rings is 1. The highest BCUT2D eigenvalue weighted by Crippen LogP contribution is 2.26. The van der Waals surface area contributed by atoms with Crippen LogP contribution in [0.4, 0.5) is 5.69 Å². The number of benzene rings is 2. The molecule has 0 aromatic heterocycles. The zero-order chi connectivity index (χ0) is 19.1. The predicted octanol–water partition coefficient (Wildman–Crippen LogP) is 2.36. The van der Waals surface area contributed by atoms with E-state index in [1.165, 1.54) is 13.2 Å². The van der Waals surface area contributed by atoms with Gasteiger partial charge in [-0.25, -0.2) is 0 Å². The Morgan fingerprint density at radius 3 is 2.59 bits per heavy atom. The minimum absolute atomic E-state index is 0.0748. The monoisotopic (exact) mass is 372 g/mol. The summed E-state index contributed by atoms with van der Waals surface area (Å²) in [6.45, 7) is 4.91. The van der Waals surface area contributed by atoms with Crippen molar-refractivity contribution in [1.82, 2.24) is 4.90 Å². The maximum Gasteiger partial charge on any atom is 0.255 e. The van der Waals surface area contributed by atoms with E-state index in [0.717, 1.165) is 38.6 Å². The van der Waals surface area contributed by atoms with Crippen molar-refractivity contribution in [2.24, 2.45) is 0 Å². The number of rotatable bonds is 7. The molecular weight excluding hydrogens is 348 g/mol. The lowest BCUT2D eigenvalue weighted by Gasteiger charge is -2.26. The summed E-state index contributed by atoms with van der Waals surface area (Å²) >= 11 is 0. The van der Waals surface area contributed by atoms with Gasteiger partial charge in [0.25, 0.3) is 5.91 Å². The average molecular weight is 372 g/mol. The van der Waals surface area contributed by atoms with E-state index in [9.17, 15) is 9.90 Å². The fraction of sp³-hybridized carbons (Fsp3) is 0.350. The fourth-order valence-electron chi connectivity index (χ4n) is 2.79. The number of nitrogens with one attached hydrogen (secondary N) is 1. The molecule has 27 heavy (non-hydrogen) atoms. The van der Waals surface area contributed by atoms with Crippen LogP contribution in [0.15, 0.2) is 42.5 Å². The minimum Gasteiger partial charge on any atom is -0.504 e. The maximum atomic E-state index is 12.3. The zero-order valence-corrected chi connectivity index (χ0v) is 15.3. The molecule has 2 aromatic rings. The van der Waals surface area contributed by atoms with Gasteiger partial charge in [0.1, 0.15) is 12.4 Å². The van der Waals surface area contributed by atoms with Crippen molar-refractivity contribution >= 4 is 11.6 Å². The number of phenols is 1. The highest BCUT2D eigenvalue weighted by atomic mass is 16.5. The van der Waals surface area contributed by atoms with Crippen molar-refractivity contribution in [3.05, 3.63) is 48.0 Å². The quantitative estimate of drug-likeness (QED) is 0.777. The first-order chi connectivity index (χ1) is 13.2. The standard InChI is InChI=1S/C20H24N2O5/c1-25-19-7-2-15(14-18(19)23)20(24)21-16-3-5-17(6-4-16)27-13-10-22-8-11-26-12-9-22/h2-7,14,23H,8-13H2,1H3,(H,21,24). The largest absolute Gasteiger partial charge is 0.504 e. The molecule has 0 unspecified atom stereocenters. The Balaban J connectivity index is 1.49. The molecule has 0 saturated carbocycles. The molecule has 1 heterocycles. The van der Waals surface area contributed by atoms with Gasteiger partial charge in [-0.1, -0.05) is 0 Å². The summed E-state index contributed by atoms with van der Waals surface area (Å²) in [7, 11) is 1.46. The molecule has 1 aliphatic heterocycles. The molecule has 144 valence electrons. The molecule has 3 rings (SSSR count). The van der Waals surface area contributed by atoms with Crippen molar-refractivity contribution in [2.75, 3.05) is 51.9 Å². The number of phenolic OH excluding ortho intramolecular Hbond substituents is 1. The summed E-state index contributed by atoms with van der Waals surface area (Å²) in [5.41, 5.74) is 0.995. The van der Waals surface area contributed by atoms with Crippen LogP contribution in [-0.2, 0) is 4.74 Å². The van der Waals surface area contributed by atoms with Gasteiger partial charge in [-0.3, -0.25) is 9.69 Å². The van der Waals surface area contributed by atoms with Crippen molar-refractivity contribution in [1.29, 1.82) is 0 Å². The van der Waals surface area contributed by atoms with Gasteiger partial charge < -0.3 is 24.6 Å². The molecule has 7 nitrogen and oxygen atoms in total. The number of carbonyl (C=O) groups excluding carboxylic acids is 1. The Morgan fingerprint density at radius 1 is 1.19 bits per heavy atom. The lowest BCUT2D eigenvalue weighted by Crippen LogP contribution is -2.38. The van der Waals surface area contributed by atoms with Crippen LogP contribution in [0.3, 0.4) is 0 Å². The van der Waals surface area contributed by atoms with Crippen LogP contribution in [0.1, 0.15) is 10.4 Å². The Hall–Kier alpha value is -2.77. The van der Waals surface area contributed by atoms with E-state index in [1.807, 2.05) is 12.1 Å². The highest BCUT2D eigenvalue weighted by molar-refractivity contribution is 6.04. The van der Waals surface area contributed by atoms with Gasteiger partial charge in [0.15, 0.2) is 11.5 Å². The third kappa shape index (κ3) is 5.35. The van der Waals surface area contributed by atoms with Gasteiger partial charge in [0.2, 0.25) is 0 Å². The average Bonchev–Trinajstić information content (AvgIpc) is 2.70. The van der Waals surface area contributed by atoms with E-state index in [-0.39, 0.29) is 11.7 Å². The first-order valence-electron chi connectivity index (χ1n) is 8.87. The molecule has 2 aromatic carbocycles. The summed E-state index contributed by atoms with van der Waals surface area (Å²) in [6, 6.07) is 11.7. The third-order valence-corrected chi connectivity index (χ3v) is 4.33. The van der Waals surface area contributed by atoms with Crippen molar-refractivity contribution in [2.45, 2.75) is 0 Å². The second kappa shape index (κ2) is 9.25. The molecule has 1 fully saturated rings. The van der Waals surface area contributed by atoms with E-state index in [4.69, 9.17) is 14.2 Å². The van der Waals surface area contributed by atoms with Gasteiger partial charge >= 0.3 is 0 Å². The smallest absolute Gasteiger partial charge is 0.255 e. The van der Waals surface area contributed by atoms with Crippen LogP contribution in [0, 0.1) is 0 Å². The molecule has 0 atom stereocenters. The van der Waals surface area contributed by atoms with E-state index in [1.54, 1.807) is 24.3 Å². The maximum absolute atomic E-state index is 12.3. The molecule has 0 spiro atoms. The number of ether oxygens (including phenoxy) is 3. The first-order valence-corrected chi connectivity index (χ1v) is 8.87. The number of hydrogen-bond acceptors (Lipinski definition) is 6. The number of nitrogens with zero attached hydrogens (tertiary/aromatic N) is 1. The van der Waals surface area contributed by atoms with Crippen molar-refractivity contribution in [3.8, 4) is 17.2 Å². The van der Waals surface area contributed by atoms with Crippen LogP contribution in [-0.4, -0.2) is 62.5 Å². The predicted molar refractivity (Wildman–Crippen MR) is 102 cm³/mol. The number of methoxy groups -OCH3 is 1. The Labute approximate surface area is 158 Å². The number of anilines is 1. The molecule has 0 bridgehead atoms. The summed E-state index contributed by atoms with van der Waals surface area (Å²) in [4.78, 5) is 14.6. The number of carbonyl (C=O) groups is 1. The number of hydrogen-bond donors (Lipinski definition) is 2. The first kappa shape index (κ1) is 19.0. The lowest BCUT2D eigenvalue weighted by molar-refractivity contribution is 0.0322. The number of amides is 1. The highest BCUT2D eigenvalue weighted by Gasteiger charge is 2.11. The summed E-state index contributed by atoms with van der Waals surface area (Å²) < 4.78 is 16.1. The Kier molecular flexibility index (Phi) is 6.51. The second-order valence-electron chi connectivity index (χ2n) is 6.17. The van der Waals surface area contributed by atoms with Crippen molar-refractivity contribution < 1.29 is 24.1 Å². The zero-order valence-electron chi connectivity index (χ0n) is 15.3. The normalized spacial score (nSPS) is 14.6. The SMILES string of the molecule is COc1ccc(C(=O)Nc2ccc(OCCN3CCOCC3)cc2)cc1O. The molecule has 0 radical (unpaired) electrons. The van der Waals surface area contributed by atoms with Gasteiger partial charge in [-0.15, -0.1) is 0 Å².